The maximum absolute atomic E-state index is 11.0. The number of carbonyl (C=O) groups excluding carboxylic acids is 1. The van der Waals surface area contributed by atoms with Crippen LogP contribution in [-0.2, 0) is 4.79 Å². The molecule has 0 aliphatic rings. The Hall–Kier alpha value is -2.46. The van der Waals surface area contributed by atoms with Crippen LogP contribution in [0.2, 0.25) is 0 Å². The standard InChI is InChI=1S/C18H16N2OS/c1-12-3-5-15(6-4-12)18-20-17(11-22-18)14-7-9-16(10-8-14)19-13(2)21/h3-11H,1-2H3,(H,19,21). The first-order valence-corrected chi connectivity index (χ1v) is 7.90. The quantitative estimate of drug-likeness (QED) is 0.759. The number of thiazole rings is 1. The molecule has 0 fully saturated rings. The van der Waals surface area contributed by atoms with Crippen molar-refractivity contribution in [1.29, 1.82) is 0 Å². The van der Waals surface area contributed by atoms with Crippen molar-refractivity contribution in [2.45, 2.75) is 13.8 Å². The highest BCUT2D eigenvalue weighted by atomic mass is 32.1. The number of aromatic nitrogens is 1. The van der Waals surface area contributed by atoms with E-state index in [-0.39, 0.29) is 5.91 Å². The smallest absolute Gasteiger partial charge is 0.221 e. The van der Waals surface area contributed by atoms with Gasteiger partial charge in [-0.2, -0.15) is 0 Å². The molecule has 1 N–H and O–H groups in total. The lowest BCUT2D eigenvalue weighted by Crippen LogP contribution is -2.05. The van der Waals surface area contributed by atoms with Crippen LogP contribution < -0.4 is 5.32 Å². The Balaban J connectivity index is 1.84. The summed E-state index contributed by atoms with van der Waals surface area (Å²) in [6, 6.07) is 16.1. The molecule has 0 radical (unpaired) electrons. The molecule has 3 nitrogen and oxygen atoms in total. The third-order valence-corrected chi connectivity index (χ3v) is 4.20. The number of nitrogens with zero attached hydrogens (tertiary/aromatic N) is 1. The van der Waals surface area contributed by atoms with Crippen molar-refractivity contribution >= 4 is 22.9 Å². The molecule has 0 atom stereocenters. The first-order chi connectivity index (χ1) is 10.6. The Labute approximate surface area is 133 Å². The average Bonchev–Trinajstić information content (AvgIpc) is 2.98. The Morgan fingerprint density at radius 1 is 1.00 bits per heavy atom. The van der Waals surface area contributed by atoms with E-state index in [1.165, 1.54) is 12.5 Å². The first-order valence-electron chi connectivity index (χ1n) is 7.02. The van der Waals surface area contributed by atoms with E-state index in [1.807, 2.05) is 24.3 Å². The minimum Gasteiger partial charge on any atom is -0.326 e. The van der Waals surface area contributed by atoms with Crippen LogP contribution in [0, 0.1) is 6.92 Å². The molecule has 0 aliphatic heterocycles. The minimum absolute atomic E-state index is 0.0666. The normalized spacial score (nSPS) is 10.5. The van der Waals surface area contributed by atoms with Crippen molar-refractivity contribution in [2.75, 3.05) is 5.32 Å². The highest BCUT2D eigenvalue weighted by Crippen LogP contribution is 2.29. The molecular weight excluding hydrogens is 292 g/mol. The summed E-state index contributed by atoms with van der Waals surface area (Å²) in [7, 11) is 0. The zero-order chi connectivity index (χ0) is 15.5. The molecule has 1 aromatic heterocycles. The predicted molar refractivity (Wildman–Crippen MR) is 92.0 cm³/mol. The van der Waals surface area contributed by atoms with Crippen LogP contribution in [0.1, 0.15) is 12.5 Å². The summed E-state index contributed by atoms with van der Waals surface area (Å²) in [4.78, 5) is 15.7. The van der Waals surface area contributed by atoms with Gasteiger partial charge in [0.05, 0.1) is 5.69 Å². The number of hydrogen-bond acceptors (Lipinski definition) is 3. The average molecular weight is 308 g/mol. The number of hydrogen-bond donors (Lipinski definition) is 1. The zero-order valence-corrected chi connectivity index (χ0v) is 13.3. The number of aryl methyl sites for hydroxylation is 1. The molecule has 1 heterocycles. The van der Waals surface area contributed by atoms with E-state index in [1.54, 1.807) is 11.3 Å². The summed E-state index contributed by atoms with van der Waals surface area (Å²) in [5.74, 6) is -0.0666. The van der Waals surface area contributed by atoms with Crippen LogP contribution in [0.4, 0.5) is 5.69 Å². The monoisotopic (exact) mass is 308 g/mol. The van der Waals surface area contributed by atoms with Crippen LogP contribution in [0.5, 0.6) is 0 Å². The number of carbonyl (C=O) groups is 1. The van der Waals surface area contributed by atoms with Crippen LogP contribution in [0.15, 0.2) is 53.9 Å². The fourth-order valence-corrected chi connectivity index (χ4v) is 3.00. The lowest BCUT2D eigenvalue weighted by Gasteiger charge is -2.02. The van der Waals surface area contributed by atoms with Crippen molar-refractivity contribution in [3.8, 4) is 21.8 Å². The maximum atomic E-state index is 11.0. The van der Waals surface area contributed by atoms with Gasteiger partial charge in [-0.3, -0.25) is 4.79 Å². The van der Waals surface area contributed by atoms with Gasteiger partial charge in [-0.05, 0) is 19.1 Å². The van der Waals surface area contributed by atoms with Gasteiger partial charge in [0.25, 0.3) is 0 Å². The van der Waals surface area contributed by atoms with Gasteiger partial charge in [0, 0.05) is 29.1 Å². The highest BCUT2D eigenvalue weighted by Gasteiger charge is 2.07. The van der Waals surface area contributed by atoms with Crippen LogP contribution in [0.3, 0.4) is 0 Å². The second-order valence-corrected chi connectivity index (χ2v) is 6.02. The van der Waals surface area contributed by atoms with Gasteiger partial charge >= 0.3 is 0 Å². The van der Waals surface area contributed by atoms with Gasteiger partial charge in [-0.1, -0.05) is 42.0 Å². The molecule has 0 bridgehead atoms. The maximum Gasteiger partial charge on any atom is 0.221 e. The fourth-order valence-electron chi connectivity index (χ4n) is 2.16. The molecule has 0 unspecified atom stereocenters. The van der Waals surface area contributed by atoms with E-state index >= 15 is 0 Å². The summed E-state index contributed by atoms with van der Waals surface area (Å²) in [6.07, 6.45) is 0. The van der Waals surface area contributed by atoms with Gasteiger partial charge in [0.2, 0.25) is 5.91 Å². The Bertz CT molecular complexity index is 789. The van der Waals surface area contributed by atoms with Gasteiger partial charge in [0.15, 0.2) is 0 Å². The Morgan fingerprint density at radius 2 is 1.64 bits per heavy atom. The summed E-state index contributed by atoms with van der Waals surface area (Å²) in [6.45, 7) is 3.58. The van der Waals surface area contributed by atoms with Crippen molar-refractivity contribution in [2.24, 2.45) is 0 Å². The second-order valence-electron chi connectivity index (χ2n) is 5.16. The van der Waals surface area contributed by atoms with E-state index in [4.69, 9.17) is 4.98 Å². The molecule has 2 aromatic carbocycles. The summed E-state index contributed by atoms with van der Waals surface area (Å²) >= 11 is 1.64. The Kier molecular flexibility index (Phi) is 4.02. The molecule has 0 spiro atoms. The highest BCUT2D eigenvalue weighted by molar-refractivity contribution is 7.13. The molecule has 110 valence electrons. The van der Waals surface area contributed by atoms with Gasteiger partial charge < -0.3 is 5.32 Å². The minimum atomic E-state index is -0.0666. The number of amides is 1. The molecule has 3 rings (SSSR count). The van der Waals surface area contributed by atoms with Crippen molar-refractivity contribution in [1.82, 2.24) is 4.98 Å². The Morgan fingerprint density at radius 3 is 2.27 bits per heavy atom. The van der Waals surface area contributed by atoms with E-state index in [9.17, 15) is 4.79 Å². The third kappa shape index (κ3) is 3.23. The summed E-state index contributed by atoms with van der Waals surface area (Å²) < 4.78 is 0. The summed E-state index contributed by atoms with van der Waals surface area (Å²) in [5, 5.41) is 5.84. The van der Waals surface area contributed by atoms with Crippen molar-refractivity contribution < 1.29 is 4.79 Å². The zero-order valence-electron chi connectivity index (χ0n) is 12.5. The SMILES string of the molecule is CC(=O)Nc1ccc(-c2csc(-c3ccc(C)cc3)n2)cc1. The van der Waals surface area contributed by atoms with E-state index in [2.05, 4.69) is 41.9 Å². The van der Waals surface area contributed by atoms with Gasteiger partial charge in [-0.25, -0.2) is 4.98 Å². The first kappa shape index (κ1) is 14.5. The van der Waals surface area contributed by atoms with E-state index < -0.39 is 0 Å². The second kappa shape index (κ2) is 6.12. The summed E-state index contributed by atoms with van der Waals surface area (Å²) in [5.41, 5.74) is 5.18. The lowest BCUT2D eigenvalue weighted by molar-refractivity contribution is -0.114. The molecule has 4 heteroatoms. The van der Waals surface area contributed by atoms with Crippen LogP contribution in [-0.4, -0.2) is 10.9 Å². The van der Waals surface area contributed by atoms with E-state index in [0.717, 1.165) is 27.5 Å². The van der Waals surface area contributed by atoms with Crippen LogP contribution in [0.25, 0.3) is 21.8 Å². The molecule has 0 saturated carbocycles. The largest absolute Gasteiger partial charge is 0.326 e. The van der Waals surface area contributed by atoms with Crippen molar-refractivity contribution in [3.05, 3.63) is 59.5 Å². The molecule has 3 aromatic rings. The number of anilines is 1. The predicted octanol–water partition coefficient (Wildman–Crippen LogP) is 4.74. The molecule has 1 amide bonds. The van der Waals surface area contributed by atoms with E-state index in [0.29, 0.717) is 0 Å². The topological polar surface area (TPSA) is 42.0 Å². The molecular formula is C18H16N2OS. The lowest BCUT2D eigenvalue weighted by atomic mass is 10.1. The van der Waals surface area contributed by atoms with Gasteiger partial charge in [0.1, 0.15) is 5.01 Å². The molecule has 0 saturated heterocycles. The van der Waals surface area contributed by atoms with Crippen molar-refractivity contribution in [3.63, 3.8) is 0 Å². The molecule has 22 heavy (non-hydrogen) atoms. The number of benzene rings is 2. The third-order valence-electron chi connectivity index (χ3n) is 3.30. The fraction of sp³-hybridized carbons (Fsp3) is 0.111. The van der Waals surface area contributed by atoms with Crippen LogP contribution >= 0.6 is 11.3 Å². The van der Waals surface area contributed by atoms with Gasteiger partial charge in [-0.15, -0.1) is 11.3 Å². The number of rotatable bonds is 3. The number of nitrogens with one attached hydrogen (secondary N) is 1. The molecule has 0 aliphatic carbocycles.